The SMILES string of the molecule is CCCS(=O)(=O)N1CCN(C2(C(Cl)(Cl)NC(=O)c3ccccc3)CCCC2)CC1. The van der Waals surface area contributed by atoms with Crippen LogP contribution in [-0.2, 0) is 10.0 Å². The maximum absolute atomic E-state index is 12.7. The molecule has 162 valence electrons. The molecule has 1 aliphatic heterocycles. The number of halogens is 2. The molecule has 1 aromatic rings. The van der Waals surface area contributed by atoms with E-state index in [4.69, 9.17) is 23.2 Å². The molecule has 0 aromatic heterocycles. The van der Waals surface area contributed by atoms with Gasteiger partial charge in [-0.25, -0.2) is 8.42 Å². The van der Waals surface area contributed by atoms with Gasteiger partial charge in [0.15, 0.2) is 0 Å². The maximum atomic E-state index is 12.7. The van der Waals surface area contributed by atoms with Gasteiger partial charge in [0.1, 0.15) is 0 Å². The zero-order chi connectivity index (χ0) is 21.1. The smallest absolute Gasteiger partial charge is 0.253 e. The zero-order valence-electron chi connectivity index (χ0n) is 16.7. The van der Waals surface area contributed by atoms with Crippen LogP contribution in [0.2, 0.25) is 0 Å². The zero-order valence-corrected chi connectivity index (χ0v) is 19.1. The molecule has 0 bridgehead atoms. The molecule has 3 rings (SSSR count). The molecule has 1 aromatic carbocycles. The van der Waals surface area contributed by atoms with Crippen LogP contribution in [0, 0.1) is 0 Å². The van der Waals surface area contributed by atoms with E-state index >= 15 is 0 Å². The summed E-state index contributed by atoms with van der Waals surface area (Å²) >= 11 is 13.6. The van der Waals surface area contributed by atoms with Crippen LogP contribution in [0.5, 0.6) is 0 Å². The van der Waals surface area contributed by atoms with Crippen LogP contribution in [-0.4, -0.2) is 65.5 Å². The van der Waals surface area contributed by atoms with E-state index in [1.54, 1.807) is 28.6 Å². The van der Waals surface area contributed by atoms with Gasteiger partial charge >= 0.3 is 0 Å². The number of hydrogen-bond acceptors (Lipinski definition) is 4. The number of sulfonamides is 1. The molecule has 1 saturated heterocycles. The first-order valence-electron chi connectivity index (χ1n) is 10.2. The second-order valence-corrected chi connectivity index (χ2v) is 11.3. The lowest BCUT2D eigenvalue weighted by molar-refractivity contribution is 0.0348. The molecule has 0 unspecified atom stereocenters. The quantitative estimate of drug-likeness (QED) is 0.499. The van der Waals surface area contributed by atoms with Crippen molar-refractivity contribution in [3.05, 3.63) is 35.9 Å². The molecule has 1 saturated carbocycles. The number of carbonyl (C=O) groups excluding carboxylic acids is 1. The number of alkyl halides is 2. The summed E-state index contributed by atoms with van der Waals surface area (Å²) in [4.78, 5) is 14.9. The summed E-state index contributed by atoms with van der Waals surface area (Å²) < 4.78 is 24.9. The van der Waals surface area contributed by atoms with Gasteiger partial charge < -0.3 is 5.32 Å². The number of nitrogens with zero attached hydrogens (tertiary/aromatic N) is 2. The van der Waals surface area contributed by atoms with Crippen molar-refractivity contribution in [1.29, 1.82) is 0 Å². The van der Waals surface area contributed by atoms with E-state index in [2.05, 4.69) is 10.2 Å². The monoisotopic (exact) mass is 461 g/mol. The third-order valence-electron chi connectivity index (χ3n) is 6.02. The molecule has 1 heterocycles. The summed E-state index contributed by atoms with van der Waals surface area (Å²) in [5.74, 6) is -0.147. The van der Waals surface area contributed by atoms with Crippen LogP contribution in [0.3, 0.4) is 0 Å². The fourth-order valence-corrected chi connectivity index (χ4v) is 6.77. The first kappa shape index (κ1) is 22.8. The maximum Gasteiger partial charge on any atom is 0.253 e. The van der Waals surface area contributed by atoms with Crippen molar-refractivity contribution in [3.63, 3.8) is 0 Å². The highest BCUT2D eigenvalue weighted by Crippen LogP contribution is 2.48. The van der Waals surface area contributed by atoms with Crippen LogP contribution >= 0.6 is 23.2 Å². The molecule has 1 aliphatic carbocycles. The summed E-state index contributed by atoms with van der Waals surface area (Å²) in [5.41, 5.74) is -0.108. The van der Waals surface area contributed by atoms with E-state index in [-0.39, 0.29) is 11.7 Å². The number of amides is 1. The van der Waals surface area contributed by atoms with Gasteiger partial charge in [-0.2, -0.15) is 4.31 Å². The summed E-state index contributed by atoms with van der Waals surface area (Å²) in [5, 5.41) is 2.83. The lowest BCUT2D eigenvalue weighted by atomic mass is 9.92. The fourth-order valence-electron chi connectivity index (χ4n) is 4.49. The molecule has 2 aliphatic rings. The Balaban J connectivity index is 1.75. The second-order valence-electron chi connectivity index (χ2n) is 7.84. The van der Waals surface area contributed by atoms with Crippen LogP contribution in [0.4, 0.5) is 0 Å². The van der Waals surface area contributed by atoms with Gasteiger partial charge in [0.2, 0.25) is 14.5 Å². The fraction of sp³-hybridized carbons (Fsp3) is 0.650. The summed E-state index contributed by atoms with van der Waals surface area (Å²) in [6.45, 7) is 3.80. The molecular weight excluding hydrogens is 433 g/mol. The van der Waals surface area contributed by atoms with Crippen LogP contribution in [0.25, 0.3) is 0 Å². The Hall–Kier alpha value is -0.860. The Kier molecular flexibility index (Phi) is 7.16. The van der Waals surface area contributed by atoms with Gasteiger partial charge in [-0.05, 0) is 31.4 Å². The van der Waals surface area contributed by atoms with Gasteiger partial charge in [-0.3, -0.25) is 9.69 Å². The number of carbonyl (C=O) groups is 1. The Morgan fingerprint density at radius 2 is 1.69 bits per heavy atom. The van der Waals surface area contributed by atoms with Crippen molar-refractivity contribution in [3.8, 4) is 0 Å². The normalized spacial score (nSPS) is 21.2. The topological polar surface area (TPSA) is 69.7 Å². The standard InChI is InChI=1S/C20H29Cl2N3O3S/c1-2-16-29(27,28)25-14-12-24(13-15-25)19(10-6-7-11-19)20(21,22)23-18(26)17-8-4-3-5-9-17/h3-5,8-9H,2,6-7,10-16H2,1H3,(H,23,26). The Labute approximate surface area is 183 Å². The second kappa shape index (κ2) is 9.10. The lowest BCUT2D eigenvalue weighted by Crippen LogP contribution is -2.67. The number of hydrogen-bond donors (Lipinski definition) is 1. The molecule has 9 heteroatoms. The van der Waals surface area contributed by atoms with Crippen molar-refractivity contribution in [2.75, 3.05) is 31.9 Å². The lowest BCUT2D eigenvalue weighted by Gasteiger charge is -2.51. The van der Waals surface area contributed by atoms with E-state index in [1.165, 1.54) is 0 Å². The Morgan fingerprint density at radius 3 is 2.24 bits per heavy atom. The number of nitrogens with one attached hydrogen (secondary N) is 1. The summed E-state index contributed by atoms with van der Waals surface area (Å²) in [7, 11) is -3.22. The molecule has 0 radical (unpaired) electrons. The van der Waals surface area contributed by atoms with E-state index in [1.807, 2.05) is 13.0 Å². The van der Waals surface area contributed by atoms with E-state index in [9.17, 15) is 13.2 Å². The van der Waals surface area contributed by atoms with Crippen molar-refractivity contribution in [2.24, 2.45) is 0 Å². The predicted molar refractivity (Wildman–Crippen MR) is 117 cm³/mol. The van der Waals surface area contributed by atoms with E-state index in [0.29, 0.717) is 38.2 Å². The van der Waals surface area contributed by atoms with Gasteiger partial charge in [-0.1, -0.05) is 61.2 Å². The molecule has 0 spiro atoms. The van der Waals surface area contributed by atoms with Crippen molar-refractivity contribution in [1.82, 2.24) is 14.5 Å². The minimum atomic E-state index is -3.22. The van der Waals surface area contributed by atoms with Gasteiger partial charge in [0.05, 0.1) is 11.3 Å². The minimum Gasteiger partial charge on any atom is -0.319 e. The first-order valence-corrected chi connectivity index (χ1v) is 12.6. The van der Waals surface area contributed by atoms with Crippen LogP contribution < -0.4 is 5.32 Å². The third kappa shape index (κ3) is 4.74. The van der Waals surface area contributed by atoms with Crippen molar-refractivity contribution in [2.45, 2.75) is 49.0 Å². The van der Waals surface area contributed by atoms with Gasteiger partial charge in [0.25, 0.3) is 5.91 Å². The molecule has 6 nitrogen and oxygen atoms in total. The predicted octanol–water partition coefficient (Wildman–Crippen LogP) is 3.22. The van der Waals surface area contributed by atoms with Gasteiger partial charge in [-0.15, -0.1) is 0 Å². The Bertz CT molecular complexity index is 804. The van der Waals surface area contributed by atoms with Crippen LogP contribution in [0.1, 0.15) is 49.4 Å². The molecule has 29 heavy (non-hydrogen) atoms. The Morgan fingerprint density at radius 1 is 1.10 bits per heavy atom. The van der Waals surface area contributed by atoms with E-state index < -0.39 is 20.0 Å². The largest absolute Gasteiger partial charge is 0.319 e. The summed E-state index contributed by atoms with van der Waals surface area (Å²) in [6, 6.07) is 8.87. The highest BCUT2D eigenvalue weighted by Gasteiger charge is 2.56. The highest BCUT2D eigenvalue weighted by atomic mass is 35.5. The number of piperazine rings is 1. The van der Waals surface area contributed by atoms with Crippen LogP contribution in [0.15, 0.2) is 30.3 Å². The average molecular weight is 462 g/mol. The van der Waals surface area contributed by atoms with Crippen molar-refractivity contribution >= 4 is 39.1 Å². The van der Waals surface area contributed by atoms with Crippen molar-refractivity contribution < 1.29 is 13.2 Å². The molecule has 1 N–H and O–H groups in total. The van der Waals surface area contributed by atoms with Gasteiger partial charge in [0, 0.05) is 31.7 Å². The number of benzene rings is 1. The number of rotatable bonds is 7. The molecular formula is C20H29Cl2N3O3S. The average Bonchev–Trinajstić information content (AvgIpc) is 3.20. The highest BCUT2D eigenvalue weighted by molar-refractivity contribution is 7.89. The summed E-state index contributed by atoms with van der Waals surface area (Å²) in [6.07, 6.45) is 4.06. The molecule has 1 amide bonds. The van der Waals surface area contributed by atoms with E-state index in [0.717, 1.165) is 25.7 Å². The third-order valence-corrected chi connectivity index (χ3v) is 8.99. The molecule has 0 atom stereocenters. The molecule has 2 fully saturated rings. The minimum absolute atomic E-state index is 0.167. The first-order chi connectivity index (χ1) is 13.7.